The van der Waals surface area contributed by atoms with E-state index in [0.29, 0.717) is 39.3 Å². The number of carbonyl (C=O) groups excluding carboxylic acids is 2. The molecule has 0 fully saturated rings. The summed E-state index contributed by atoms with van der Waals surface area (Å²) in [5, 5.41) is 9.56. The number of halogens is 3. The van der Waals surface area contributed by atoms with E-state index in [9.17, 15) is 9.59 Å². The Labute approximate surface area is 216 Å². The van der Waals surface area contributed by atoms with Crippen molar-refractivity contribution in [1.29, 1.82) is 0 Å². The summed E-state index contributed by atoms with van der Waals surface area (Å²) in [7, 11) is 0. The molecule has 3 aromatic carbocycles. The van der Waals surface area contributed by atoms with Gasteiger partial charge in [0.1, 0.15) is 0 Å². The van der Waals surface area contributed by atoms with Crippen LogP contribution in [0.1, 0.15) is 17.3 Å². The van der Waals surface area contributed by atoms with Crippen LogP contribution >= 0.6 is 34.8 Å². The molecule has 0 saturated carbocycles. The van der Waals surface area contributed by atoms with Gasteiger partial charge in [0, 0.05) is 35.7 Å². The average Bonchev–Trinajstić information content (AvgIpc) is 2.79. The second kappa shape index (κ2) is 10.7. The summed E-state index contributed by atoms with van der Waals surface area (Å²) in [6.07, 6.45) is 1.60. The molecule has 0 bridgehead atoms. The molecule has 2 amide bonds. The van der Waals surface area contributed by atoms with Crippen molar-refractivity contribution < 1.29 is 9.59 Å². The standard InChI is InChI=1S/C25H18Cl3N5O2/c1-14(34)30-17-8-9-18(21(28)13-17)22-10-11-29-25(33-22)32-16-5-2-4-15(12-16)31-24(35)23-19(26)6-3-7-20(23)27/h2-13H,1H3,(H,30,34)(H,31,35)(H,29,32,33). The fraction of sp³-hybridized carbons (Fsp3) is 0.0400. The van der Waals surface area contributed by atoms with Crippen molar-refractivity contribution in [3.05, 3.63) is 93.6 Å². The number of benzene rings is 3. The summed E-state index contributed by atoms with van der Waals surface area (Å²) in [6, 6.07) is 18.8. The lowest BCUT2D eigenvalue weighted by Crippen LogP contribution is -2.13. The summed E-state index contributed by atoms with van der Waals surface area (Å²) in [4.78, 5) is 32.7. The van der Waals surface area contributed by atoms with Crippen molar-refractivity contribution in [2.45, 2.75) is 6.92 Å². The Morgan fingerprint density at radius 3 is 2.17 bits per heavy atom. The first kappa shape index (κ1) is 24.5. The van der Waals surface area contributed by atoms with E-state index in [1.807, 2.05) is 6.07 Å². The Hall–Kier alpha value is -3.65. The Morgan fingerprint density at radius 1 is 0.771 bits per heavy atom. The molecular formula is C25H18Cl3N5O2. The van der Waals surface area contributed by atoms with Crippen LogP contribution < -0.4 is 16.0 Å². The van der Waals surface area contributed by atoms with Crippen LogP contribution in [0.15, 0.2) is 72.9 Å². The predicted molar refractivity (Wildman–Crippen MR) is 141 cm³/mol. The summed E-state index contributed by atoms with van der Waals surface area (Å²) in [5.41, 5.74) is 3.26. The lowest BCUT2D eigenvalue weighted by Gasteiger charge is -2.11. The first-order valence-corrected chi connectivity index (χ1v) is 11.5. The molecule has 4 rings (SSSR count). The van der Waals surface area contributed by atoms with Crippen LogP contribution in [0.4, 0.5) is 23.0 Å². The summed E-state index contributed by atoms with van der Waals surface area (Å²) >= 11 is 18.7. The molecule has 1 heterocycles. The maximum atomic E-state index is 12.7. The molecule has 0 saturated heterocycles. The van der Waals surface area contributed by atoms with Crippen LogP contribution in [0.25, 0.3) is 11.3 Å². The van der Waals surface area contributed by atoms with Crippen LogP contribution in [-0.4, -0.2) is 21.8 Å². The molecule has 4 aromatic rings. The SMILES string of the molecule is CC(=O)Nc1ccc(-c2ccnc(Nc3cccc(NC(=O)c4c(Cl)cccc4Cl)c3)n2)c(Cl)c1. The largest absolute Gasteiger partial charge is 0.326 e. The Kier molecular flexibility index (Phi) is 7.51. The molecule has 0 atom stereocenters. The molecule has 0 aliphatic carbocycles. The number of hydrogen-bond donors (Lipinski definition) is 3. The Balaban J connectivity index is 1.52. The molecule has 0 unspecified atom stereocenters. The van der Waals surface area contributed by atoms with Gasteiger partial charge in [0.05, 0.1) is 26.3 Å². The smallest absolute Gasteiger partial charge is 0.258 e. The highest BCUT2D eigenvalue weighted by molar-refractivity contribution is 6.40. The van der Waals surface area contributed by atoms with Gasteiger partial charge in [-0.3, -0.25) is 9.59 Å². The number of rotatable bonds is 6. The topological polar surface area (TPSA) is 96.0 Å². The highest BCUT2D eigenvalue weighted by Gasteiger charge is 2.15. The maximum Gasteiger partial charge on any atom is 0.258 e. The van der Waals surface area contributed by atoms with Crippen molar-refractivity contribution in [2.75, 3.05) is 16.0 Å². The minimum absolute atomic E-state index is 0.185. The van der Waals surface area contributed by atoms with E-state index in [0.717, 1.165) is 0 Å². The van der Waals surface area contributed by atoms with Crippen molar-refractivity contribution in [2.24, 2.45) is 0 Å². The second-order valence-corrected chi connectivity index (χ2v) is 8.62. The van der Waals surface area contributed by atoms with Crippen molar-refractivity contribution >= 4 is 69.6 Å². The molecule has 0 radical (unpaired) electrons. The van der Waals surface area contributed by atoms with E-state index < -0.39 is 5.91 Å². The first-order valence-electron chi connectivity index (χ1n) is 10.3. The molecular weight excluding hydrogens is 509 g/mol. The van der Waals surface area contributed by atoms with Gasteiger partial charge in [0.25, 0.3) is 5.91 Å². The maximum absolute atomic E-state index is 12.7. The zero-order valence-electron chi connectivity index (χ0n) is 18.3. The molecule has 0 aliphatic rings. The minimum atomic E-state index is -0.423. The third-order valence-electron chi connectivity index (χ3n) is 4.79. The van der Waals surface area contributed by atoms with Gasteiger partial charge in [-0.1, -0.05) is 46.9 Å². The average molecular weight is 527 g/mol. The Morgan fingerprint density at radius 2 is 1.46 bits per heavy atom. The number of amides is 2. The van der Waals surface area contributed by atoms with Gasteiger partial charge in [-0.05, 0) is 54.6 Å². The van der Waals surface area contributed by atoms with Gasteiger partial charge in [-0.2, -0.15) is 0 Å². The molecule has 35 heavy (non-hydrogen) atoms. The van der Waals surface area contributed by atoms with Crippen LogP contribution in [0.2, 0.25) is 15.1 Å². The third kappa shape index (κ3) is 6.08. The molecule has 7 nitrogen and oxygen atoms in total. The third-order valence-corrected chi connectivity index (χ3v) is 5.73. The number of hydrogen-bond acceptors (Lipinski definition) is 5. The summed E-state index contributed by atoms with van der Waals surface area (Å²) in [5.74, 6) is -0.272. The van der Waals surface area contributed by atoms with Crippen molar-refractivity contribution in [3.63, 3.8) is 0 Å². The number of aromatic nitrogens is 2. The van der Waals surface area contributed by atoms with Gasteiger partial charge in [-0.15, -0.1) is 0 Å². The van der Waals surface area contributed by atoms with Gasteiger partial charge in [0.2, 0.25) is 11.9 Å². The molecule has 10 heteroatoms. The summed E-state index contributed by atoms with van der Waals surface area (Å²) < 4.78 is 0. The van der Waals surface area contributed by atoms with E-state index in [1.54, 1.807) is 66.9 Å². The highest BCUT2D eigenvalue weighted by Crippen LogP contribution is 2.30. The predicted octanol–water partition coefficient (Wildman–Crippen LogP) is 7.06. The van der Waals surface area contributed by atoms with E-state index >= 15 is 0 Å². The lowest BCUT2D eigenvalue weighted by atomic mass is 10.1. The van der Waals surface area contributed by atoms with Crippen LogP contribution in [0.5, 0.6) is 0 Å². The highest BCUT2D eigenvalue weighted by atomic mass is 35.5. The van der Waals surface area contributed by atoms with Gasteiger partial charge < -0.3 is 16.0 Å². The van der Waals surface area contributed by atoms with Gasteiger partial charge in [0.15, 0.2) is 0 Å². The molecule has 176 valence electrons. The van der Waals surface area contributed by atoms with E-state index in [1.165, 1.54) is 6.92 Å². The van der Waals surface area contributed by atoms with Gasteiger partial charge >= 0.3 is 0 Å². The second-order valence-electron chi connectivity index (χ2n) is 7.40. The molecule has 1 aromatic heterocycles. The molecule has 0 spiro atoms. The van der Waals surface area contributed by atoms with Crippen LogP contribution in [0.3, 0.4) is 0 Å². The van der Waals surface area contributed by atoms with Gasteiger partial charge in [-0.25, -0.2) is 9.97 Å². The van der Waals surface area contributed by atoms with E-state index in [2.05, 4.69) is 25.9 Å². The zero-order valence-corrected chi connectivity index (χ0v) is 20.5. The number of anilines is 4. The van der Waals surface area contributed by atoms with E-state index in [-0.39, 0.29) is 21.5 Å². The minimum Gasteiger partial charge on any atom is -0.326 e. The van der Waals surface area contributed by atoms with Crippen LogP contribution in [-0.2, 0) is 4.79 Å². The molecule has 3 N–H and O–H groups in total. The van der Waals surface area contributed by atoms with Crippen molar-refractivity contribution in [3.8, 4) is 11.3 Å². The molecule has 0 aliphatic heterocycles. The Bertz CT molecular complexity index is 1410. The monoisotopic (exact) mass is 525 g/mol. The van der Waals surface area contributed by atoms with E-state index in [4.69, 9.17) is 34.8 Å². The number of nitrogens with one attached hydrogen (secondary N) is 3. The van der Waals surface area contributed by atoms with Crippen molar-refractivity contribution in [1.82, 2.24) is 9.97 Å². The van der Waals surface area contributed by atoms with Crippen LogP contribution in [0, 0.1) is 0 Å². The number of carbonyl (C=O) groups is 2. The quantitative estimate of drug-likeness (QED) is 0.250. The fourth-order valence-electron chi connectivity index (χ4n) is 3.28. The normalized spacial score (nSPS) is 10.5. The fourth-order valence-corrected chi connectivity index (χ4v) is 4.13. The summed E-state index contributed by atoms with van der Waals surface area (Å²) in [6.45, 7) is 1.43. The zero-order chi connectivity index (χ0) is 24.9. The first-order chi connectivity index (χ1) is 16.8. The number of nitrogens with zero attached hydrogens (tertiary/aromatic N) is 2. The lowest BCUT2D eigenvalue weighted by molar-refractivity contribution is -0.114.